The van der Waals surface area contributed by atoms with E-state index in [1.807, 2.05) is 12.4 Å². The van der Waals surface area contributed by atoms with Gasteiger partial charge in [-0.15, -0.1) is 0 Å². The topological polar surface area (TPSA) is 25.4 Å². The Hall–Kier alpha value is -1.97. The van der Waals surface area contributed by atoms with E-state index >= 15 is 0 Å². The van der Waals surface area contributed by atoms with Gasteiger partial charge in [0.05, 0.1) is 11.2 Å². The van der Waals surface area contributed by atoms with Gasteiger partial charge in [-0.2, -0.15) is 0 Å². The third-order valence-corrected chi connectivity index (χ3v) is 12.7. The molecule has 5 heterocycles. The highest BCUT2D eigenvalue weighted by molar-refractivity contribution is 5.82. The molecule has 3 saturated heterocycles. The van der Waals surface area contributed by atoms with Crippen molar-refractivity contribution in [3.05, 3.63) is 65.5 Å². The van der Waals surface area contributed by atoms with Crippen LogP contribution >= 0.6 is 0 Å². The minimum absolute atomic E-state index is 0.0211. The van der Waals surface area contributed by atoms with Crippen LogP contribution in [0.25, 0.3) is 10.8 Å². The summed E-state index contributed by atoms with van der Waals surface area (Å²) in [6, 6.07) is 11.8. The number of hydrogen-bond donors (Lipinski definition) is 0. The van der Waals surface area contributed by atoms with Gasteiger partial charge in [0.15, 0.2) is 0 Å². The fraction of sp³-hybridized carbons (Fsp3) is 0.618. The molecule has 0 N–H and O–H groups in total. The molecule has 37 heavy (non-hydrogen) atoms. The van der Waals surface area contributed by atoms with E-state index in [1.54, 1.807) is 11.1 Å². The van der Waals surface area contributed by atoms with Crippen LogP contribution in [0.3, 0.4) is 0 Å². The molecule has 3 heteroatoms. The summed E-state index contributed by atoms with van der Waals surface area (Å²) in [6.07, 6.45) is 25.1. The molecule has 2 aromatic rings. The second-order valence-electron chi connectivity index (χ2n) is 14.0. The van der Waals surface area contributed by atoms with Crippen molar-refractivity contribution in [2.24, 2.45) is 11.3 Å². The van der Waals surface area contributed by atoms with Crippen LogP contribution in [0.5, 0.6) is 0 Å². The van der Waals surface area contributed by atoms with Gasteiger partial charge in [0.1, 0.15) is 0 Å². The van der Waals surface area contributed by atoms with Crippen molar-refractivity contribution in [2.75, 3.05) is 0 Å². The predicted molar refractivity (Wildman–Crippen MR) is 147 cm³/mol. The van der Waals surface area contributed by atoms with Crippen molar-refractivity contribution in [2.45, 2.75) is 119 Å². The fourth-order valence-electron chi connectivity index (χ4n) is 11.1. The van der Waals surface area contributed by atoms with Gasteiger partial charge in [-0.05, 0) is 129 Å². The molecule has 2 spiro atoms. The highest BCUT2D eigenvalue weighted by Gasteiger charge is 2.67. The maximum Gasteiger partial charge on any atom is 0.0974 e. The van der Waals surface area contributed by atoms with E-state index in [0.29, 0.717) is 11.8 Å². The van der Waals surface area contributed by atoms with Crippen LogP contribution < -0.4 is 0 Å². The molecule has 0 amide bonds. The SMILES string of the molecule is C[C@]12CC=C3C=C4CC[C@@H](N5[C@H]6CC[C@@H]5CC6)C[C@]45CC[C@]3(O5)[C@@H]1CC[C@@H]2c1ccc2ccncc2c1. The zero-order valence-electron chi connectivity index (χ0n) is 22.3. The Morgan fingerprint density at radius 2 is 1.78 bits per heavy atom. The van der Waals surface area contributed by atoms with Crippen LogP contribution in [0.1, 0.15) is 95.5 Å². The molecular weight excluding hydrogens is 452 g/mol. The van der Waals surface area contributed by atoms with Crippen molar-refractivity contribution in [3.8, 4) is 0 Å². The van der Waals surface area contributed by atoms with Gasteiger partial charge in [-0.1, -0.05) is 31.2 Å². The van der Waals surface area contributed by atoms with Crippen LogP contribution in [-0.2, 0) is 4.74 Å². The molecule has 6 atom stereocenters. The lowest BCUT2D eigenvalue weighted by molar-refractivity contribution is -0.141. The first-order valence-electron chi connectivity index (χ1n) is 15.3. The van der Waals surface area contributed by atoms with Crippen molar-refractivity contribution in [1.29, 1.82) is 0 Å². The minimum atomic E-state index is -0.0461. The van der Waals surface area contributed by atoms with E-state index in [0.717, 1.165) is 18.1 Å². The van der Waals surface area contributed by atoms with Crippen LogP contribution in [-0.4, -0.2) is 39.2 Å². The van der Waals surface area contributed by atoms with Gasteiger partial charge in [-0.3, -0.25) is 9.88 Å². The monoisotopic (exact) mass is 492 g/mol. The Morgan fingerprint density at radius 1 is 0.919 bits per heavy atom. The molecule has 0 radical (unpaired) electrons. The summed E-state index contributed by atoms with van der Waals surface area (Å²) < 4.78 is 7.62. The van der Waals surface area contributed by atoms with Crippen LogP contribution in [0.2, 0.25) is 0 Å². The lowest BCUT2D eigenvalue weighted by Crippen LogP contribution is -2.55. The van der Waals surface area contributed by atoms with Gasteiger partial charge >= 0.3 is 0 Å². The largest absolute Gasteiger partial charge is 0.359 e. The Balaban J connectivity index is 1.06. The number of fused-ring (bicyclic) bond motifs is 4. The molecule has 0 unspecified atom stereocenters. The molecule has 192 valence electrons. The summed E-state index contributed by atoms with van der Waals surface area (Å²) >= 11 is 0. The second kappa shape index (κ2) is 7.36. The quantitative estimate of drug-likeness (QED) is 0.435. The molecule has 3 nitrogen and oxygen atoms in total. The molecular formula is C34H40N2O. The molecule has 9 rings (SSSR count). The summed E-state index contributed by atoms with van der Waals surface area (Å²) in [5, 5.41) is 2.58. The van der Waals surface area contributed by atoms with Crippen LogP contribution in [0.15, 0.2) is 60.0 Å². The Kier molecular flexibility index (Phi) is 4.36. The molecule has 4 aliphatic heterocycles. The van der Waals surface area contributed by atoms with Gasteiger partial charge in [0.25, 0.3) is 0 Å². The summed E-state index contributed by atoms with van der Waals surface area (Å²) in [7, 11) is 0. The van der Waals surface area contributed by atoms with E-state index in [1.165, 1.54) is 93.4 Å². The summed E-state index contributed by atoms with van der Waals surface area (Å²) in [6.45, 7) is 2.60. The van der Waals surface area contributed by atoms with E-state index in [9.17, 15) is 0 Å². The third-order valence-electron chi connectivity index (χ3n) is 12.7. The van der Waals surface area contributed by atoms with Crippen molar-refractivity contribution in [1.82, 2.24) is 9.88 Å². The van der Waals surface area contributed by atoms with Crippen molar-refractivity contribution in [3.63, 3.8) is 0 Å². The molecule has 7 aliphatic rings. The van der Waals surface area contributed by atoms with Gasteiger partial charge in [-0.25, -0.2) is 0 Å². The second-order valence-corrected chi connectivity index (χ2v) is 14.0. The number of benzene rings is 1. The summed E-state index contributed by atoms with van der Waals surface area (Å²) in [4.78, 5) is 7.39. The summed E-state index contributed by atoms with van der Waals surface area (Å²) in [5.41, 5.74) is 4.96. The van der Waals surface area contributed by atoms with Crippen LogP contribution in [0, 0.1) is 11.3 Å². The number of nitrogens with zero attached hydrogens (tertiary/aromatic N) is 2. The molecule has 5 fully saturated rings. The molecule has 1 aromatic heterocycles. The lowest BCUT2D eigenvalue weighted by atomic mass is 9.58. The lowest BCUT2D eigenvalue weighted by Gasteiger charge is -2.55. The number of ether oxygens (including phenoxy) is 1. The van der Waals surface area contributed by atoms with E-state index < -0.39 is 0 Å². The fourth-order valence-corrected chi connectivity index (χ4v) is 11.1. The number of hydrogen-bond acceptors (Lipinski definition) is 3. The maximum absolute atomic E-state index is 7.62. The number of rotatable bonds is 2. The zero-order chi connectivity index (χ0) is 24.4. The summed E-state index contributed by atoms with van der Waals surface area (Å²) in [5.74, 6) is 1.22. The first-order valence-corrected chi connectivity index (χ1v) is 15.3. The molecule has 2 saturated carbocycles. The van der Waals surface area contributed by atoms with E-state index in [4.69, 9.17) is 4.74 Å². The Morgan fingerprint density at radius 3 is 2.65 bits per heavy atom. The minimum Gasteiger partial charge on any atom is -0.359 e. The average molecular weight is 493 g/mol. The first-order chi connectivity index (χ1) is 18.1. The van der Waals surface area contributed by atoms with Gasteiger partial charge in [0, 0.05) is 35.9 Å². The Bertz CT molecular complexity index is 1340. The predicted octanol–water partition coefficient (Wildman–Crippen LogP) is 7.47. The smallest absolute Gasteiger partial charge is 0.0974 e. The molecule has 3 aliphatic carbocycles. The first kappa shape index (κ1) is 21.9. The average Bonchev–Trinajstić information content (AvgIpc) is 3.68. The number of allylic oxidation sites excluding steroid dienone is 1. The molecule has 4 bridgehead atoms. The standard InChI is InChI=1S/C34H40N2O/c1-32-14-12-26-19-25-4-5-29(36-27-6-7-28(36)9-8-27)20-33(25)15-16-34(26,37-33)31(32)11-10-30(32)23-3-2-22-13-17-35-21-24(22)18-23/h2-3,12-13,17-19,21,27-31H,4-11,14-16,20H2,1H3/t27-,28+,29-,30-,31-,32-,33-,34-/m1/s1. The van der Waals surface area contributed by atoms with Crippen LogP contribution in [0.4, 0.5) is 0 Å². The number of aromatic nitrogens is 1. The highest BCUT2D eigenvalue weighted by Crippen LogP contribution is 2.69. The van der Waals surface area contributed by atoms with Crippen molar-refractivity contribution < 1.29 is 4.74 Å². The third kappa shape index (κ3) is 2.78. The van der Waals surface area contributed by atoms with Gasteiger partial charge < -0.3 is 4.74 Å². The normalized spacial score (nSPS) is 45.9. The number of pyridine rings is 1. The van der Waals surface area contributed by atoms with Gasteiger partial charge in [0.2, 0.25) is 0 Å². The molecule has 1 aromatic carbocycles. The maximum atomic E-state index is 7.62. The highest BCUT2D eigenvalue weighted by atomic mass is 16.5. The zero-order valence-corrected chi connectivity index (χ0v) is 22.3. The van der Waals surface area contributed by atoms with E-state index in [-0.39, 0.29) is 16.6 Å². The van der Waals surface area contributed by atoms with E-state index in [2.05, 4.69) is 53.2 Å². The Labute approximate surface area is 221 Å². The van der Waals surface area contributed by atoms with Crippen molar-refractivity contribution >= 4 is 10.8 Å².